The summed E-state index contributed by atoms with van der Waals surface area (Å²) in [6.07, 6.45) is 6.15. The summed E-state index contributed by atoms with van der Waals surface area (Å²) in [5, 5.41) is 17.8. The van der Waals surface area contributed by atoms with Crippen LogP contribution in [0.4, 0.5) is 5.82 Å². The highest BCUT2D eigenvalue weighted by Crippen LogP contribution is 2.26. The number of benzene rings is 1. The second-order valence-electron chi connectivity index (χ2n) is 6.57. The van der Waals surface area contributed by atoms with E-state index in [4.69, 9.17) is 5.10 Å². The lowest BCUT2D eigenvalue weighted by Crippen LogP contribution is -2.34. The zero-order chi connectivity index (χ0) is 17.3. The SMILES string of the molecule is c1ccc(-c2nnc3ccc(N4CCC[C@@H]4Cn4cccn4)nn23)cc1. The molecule has 0 amide bonds. The molecule has 1 aliphatic rings. The maximum atomic E-state index is 4.86. The molecule has 4 heterocycles. The third-order valence-electron chi connectivity index (χ3n) is 4.91. The summed E-state index contributed by atoms with van der Waals surface area (Å²) < 4.78 is 3.84. The van der Waals surface area contributed by atoms with E-state index in [2.05, 4.69) is 20.2 Å². The number of fused-ring (bicyclic) bond motifs is 1. The van der Waals surface area contributed by atoms with Crippen LogP contribution in [0.2, 0.25) is 0 Å². The molecule has 0 saturated carbocycles. The maximum Gasteiger partial charge on any atom is 0.185 e. The van der Waals surface area contributed by atoms with Gasteiger partial charge in [0.1, 0.15) is 5.82 Å². The highest BCUT2D eigenvalue weighted by Gasteiger charge is 2.27. The van der Waals surface area contributed by atoms with Crippen LogP contribution in [-0.2, 0) is 6.54 Å². The van der Waals surface area contributed by atoms with Gasteiger partial charge in [-0.1, -0.05) is 30.3 Å². The second-order valence-corrected chi connectivity index (χ2v) is 6.57. The fraction of sp³-hybridized carbons (Fsp3) is 0.263. The van der Waals surface area contributed by atoms with Crippen LogP contribution in [0.15, 0.2) is 60.9 Å². The molecule has 0 bridgehead atoms. The van der Waals surface area contributed by atoms with Gasteiger partial charge in [0.15, 0.2) is 11.5 Å². The maximum absolute atomic E-state index is 4.86. The summed E-state index contributed by atoms with van der Waals surface area (Å²) in [5.74, 6) is 1.73. The average molecular weight is 345 g/mol. The third kappa shape index (κ3) is 2.61. The van der Waals surface area contributed by atoms with Crippen molar-refractivity contribution in [1.29, 1.82) is 0 Å². The van der Waals surface area contributed by atoms with Crippen molar-refractivity contribution in [1.82, 2.24) is 29.6 Å². The second kappa shape index (κ2) is 6.25. The molecule has 0 radical (unpaired) electrons. The summed E-state index contributed by atoms with van der Waals surface area (Å²) in [6, 6.07) is 16.5. The molecular weight excluding hydrogens is 326 g/mol. The lowest BCUT2D eigenvalue weighted by Gasteiger charge is -2.25. The predicted octanol–water partition coefficient (Wildman–Crippen LogP) is 2.66. The van der Waals surface area contributed by atoms with Gasteiger partial charge in [-0.15, -0.1) is 15.3 Å². The molecule has 7 heteroatoms. The van der Waals surface area contributed by atoms with E-state index in [1.165, 1.54) is 6.42 Å². The fourth-order valence-electron chi connectivity index (χ4n) is 3.65. The minimum atomic E-state index is 0.400. The van der Waals surface area contributed by atoms with E-state index in [9.17, 15) is 0 Å². The van der Waals surface area contributed by atoms with Gasteiger partial charge in [-0.2, -0.15) is 9.61 Å². The minimum absolute atomic E-state index is 0.400. The zero-order valence-electron chi connectivity index (χ0n) is 14.3. The predicted molar refractivity (Wildman–Crippen MR) is 98.8 cm³/mol. The minimum Gasteiger partial charge on any atom is -0.350 e. The Morgan fingerprint density at radius 3 is 2.77 bits per heavy atom. The molecule has 1 aliphatic heterocycles. The van der Waals surface area contributed by atoms with Gasteiger partial charge in [-0.3, -0.25) is 4.68 Å². The normalized spacial score (nSPS) is 17.2. The first kappa shape index (κ1) is 15.1. The average Bonchev–Trinajstić information content (AvgIpc) is 3.43. The number of anilines is 1. The first-order valence-electron chi connectivity index (χ1n) is 8.90. The largest absolute Gasteiger partial charge is 0.350 e. The summed E-state index contributed by atoms with van der Waals surface area (Å²) in [7, 11) is 0. The molecule has 3 aromatic heterocycles. The van der Waals surface area contributed by atoms with Gasteiger partial charge >= 0.3 is 0 Å². The molecule has 130 valence electrons. The van der Waals surface area contributed by atoms with Gasteiger partial charge in [-0.25, -0.2) is 0 Å². The first-order valence-corrected chi connectivity index (χ1v) is 8.90. The number of nitrogens with zero attached hydrogens (tertiary/aromatic N) is 7. The van der Waals surface area contributed by atoms with Gasteiger partial charge in [0, 0.05) is 24.5 Å². The summed E-state index contributed by atoms with van der Waals surface area (Å²) in [4.78, 5) is 2.37. The van der Waals surface area contributed by atoms with E-state index >= 15 is 0 Å². The number of rotatable bonds is 4. The van der Waals surface area contributed by atoms with E-state index in [1.54, 1.807) is 0 Å². The Hall–Kier alpha value is -3.22. The molecule has 0 N–H and O–H groups in total. The summed E-state index contributed by atoms with van der Waals surface area (Å²) >= 11 is 0. The van der Waals surface area contributed by atoms with Gasteiger partial charge in [0.2, 0.25) is 0 Å². The standard InChI is InChI=1S/C19H19N7/c1-2-6-15(7-3-1)19-22-21-17-9-10-18(23-26(17)19)25-13-4-8-16(25)14-24-12-5-11-20-24/h1-3,5-7,9-12,16H,4,8,13-14H2/t16-/m1/s1. The van der Waals surface area contributed by atoms with E-state index in [-0.39, 0.29) is 0 Å². The molecule has 1 saturated heterocycles. The van der Waals surface area contributed by atoms with Crippen molar-refractivity contribution in [2.24, 2.45) is 0 Å². The van der Waals surface area contributed by atoms with Crippen LogP contribution in [0, 0.1) is 0 Å². The van der Waals surface area contributed by atoms with Crippen molar-refractivity contribution in [3.8, 4) is 11.4 Å². The molecule has 0 unspecified atom stereocenters. The molecule has 5 rings (SSSR count). The topological polar surface area (TPSA) is 64.1 Å². The Labute approximate surface area is 150 Å². The Balaban J connectivity index is 1.51. The van der Waals surface area contributed by atoms with Crippen LogP contribution < -0.4 is 4.90 Å². The van der Waals surface area contributed by atoms with Gasteiger partial charge in [0.05, 0.1) is 12.6 Å². The Kier molecular flexibility index (Phi) is 3.62. The molecule has 1 aromatic carbocycles. The van der Waals surface area contributed by atoms with Gasteiger partial charge < -0.3 is 4.90 Å². The molecule has 7 nitrogen and oxygen atoms in total. The highest BCUT2D eigenvalue weighted by atomic mass is 15.4. The van der Waals surface area contributed by atoms with E-state index < -0.39 is 0 Å². The van der Waals surface area contributed by atoms with Crippen LogP contribution in [0.5, 0.6) is 0 Å². The van der Waals surface area contributed by atoms with Crippen molar-refractivity contribution in [3.63, 3.8) is 0 Å². The number of hydrogen-bond donors (Lipinski definition) is 0. The molecule has 1 atom stereocenters. The van der Waals surface area contributed by atoms with Gasteiger partial charge in [-0.05, 0) is 31.0 Å². The van der Waals surface area contributed by atoms with Crippen LogP contribution in [-0.4, -0.2) is 42.2 Å². The molecule has 0 spiro atoms. The van der Waals surface area contributed by atoms with Crippen LogP contribution in [0.3, 0.4) is 0 Å². The van der Waals surface area contributed by atoms with Crippen LogP contribution >= 0.6 is 0 Å². The number of aromatic nitrogens is 6. The Morgan fingerprint density at radius 2 is 1.92 bits per heavy atom. The third-order valence-corrected chi connectivity index (χ3v) is 4.91. The quantitative estimate of drug-likeness (QED) is 0.569. The van der Waals surface area contributed by atoms with E-state index in [1.807, 2.05) is 70.1 Å². The smallest absolute Gasteiger partial charge is 0.185 e. The van der Waals surface area contributed by atoms with Crippen molar-refractivity contribution < 1.29 is 0 Å². The molecule has 26 heavy (non-hydrogen) atoms. The van der Waals surface area contributed by atoms with E-state index in [0.717, 1.165) is 42.4 Å². The summed E-state index contributed by atoms with van der Waals surface area (Å²) in [6.45, 7) is 1.88. The fourth-order valence-corrected chi connectivity index (χ4v) is 3.65. The monoisotopic (exact) mass is 345 g/mol. The van der Waals surface area contributed by atoms with Gasteiger partial charge in [0.25, 0.3) is 0 Å². The van der Waals surface area contributed by atoms with Crippen molar-refractivity contribution in [2.75, 3.05) is 11.4 Å². The Bertz CT molecular complexity index is 1010. The van der Waals surface area contributed by atoms with E-state index in [0.29, 0.717) is 6.04 Å². The first-order chi connectivity index (χ1) is 12.9. The number of hydrogen-bond acceptors (Lipinski definition) is 5. The molecule has 4 aromatic rings. The lowest BCUT2D eigenvalue weighted by molar-refractivity contribution is 0.506. The van der Waals surface area contributed by atoms with Crippen molar-refractivity contribution in [2.45, 2.75) is 25.4 Å². The van der Waals surface area contributed by atoms with Crippen molar-refractivity contribution in [3.05, 3.63) is 60.9 Å². The molecule has 1 fully saturated rings. The lowest BCUT2D eigenvalue weighted by atomic mass is 10.2. The van der Waals surface area contributed by atoms with Crippen molar-refractivity contribution >= 4 is 11.5 Å². The summed E-state index contributed by atoms with van der Waals surface area (Å²) in [5.41, 5.74) is 1.77. The molecule has 0 aliphatic carbocycles. The highest BCUT2D eigenvalue weighted by molar-refractivity contribution is 5.59. The van der Waals surface area contributed by atoms with Crippen LogP contribution in [0.1, 0.15) is 12.8 Å². The molecular formula is C19H19N7. The zero-order valence-corrected chi connectivity index (χ0v) is 14.3. The Morgan fingerprint density at radius 1 is 1.00 bits per heavy atom. The van der Waals surface area contributed by atoms with Crippen LogP contribution in [0.25, 0.3) is 17.0 Å².